The van der Waals surface area contributed by atoms with E-state index in [1.54, 1.807) is 0 Å². The van der Waals surface area contributed by atoms with Gasteiger partial charge < -0.3 is 9.80 Å². The molecule has 2 rings (SSSR count). The van der Waals surface area contributed by atoms with Crippen LogP contribution in [0.1, 0.15) is 33.1 Å². The first-order valence-electron chi connectivity index (χ1n) is 6.23. The van der Waals surface area contributed by atoms with Crippen molar-refractivity contribution in [3.63, 3.8) is 0 Å². The van der Waals surface area contributed by atoms with Crippen molar-refractivity contribution in [2.45, 2.75) is 38.0 Å². The maximum atomic E-state index is 11.6. The van der Waals surface area contributed by atoms with Gasteiger partial charge in [-0.3, -0.25) is 4.79 Å². The van der Waals surface area contributed by atoms with Crippen molar-refractivity contribution in [1.29, 1.82) is 0 Å². The van der Waals surface area contributed by atoms with E-state index in [1.165, 1.54) is 0 Å². The van der Waals surface area contributed by atoms with E-state index in [-0.39, 0.29) is 4.87 Å². The predicted molar refractivity (Wildman–Crippen MR) is 70.7 cm³/mol. The molecule has 0 aromatic heterocycles. The molecule has 2 aliphatic heterocycles. The van der Waals surface area contributed by atoms with E-state index in [4.69, 9.17) is 0 Å². The minimum absolute atomic E-state index is 0.127. The number of hydrogen-bond acceptors (Lipinski definition) is 3. The molecule has 0 unspecified atom stereocenters. The molecule has 1 spiro atoms. The largest absolute Gasteiger partial charge is 0.331 e. The summed E-state index contributed by atoms with van der Waals surface area (Å²) in [4.78, 5) is 16.1. The van der Waals surface area contributed by atoms with Crippen molar-refractivity contribution >= 4 is 17.7 Å². The SMILES string of the molecule is CC.CN1CCC2(CC1)SCCC(=O)N2C. The summed E-state index contributed by atoms with van der Waals surface area (Å²) >= 11 is 1.98. The van der Waals surface area contributed by atoms with Gasteiger partial charge in [0, 0.05) is 32.3 Å². The van der Waals surface area contributed by atoms with Crippen molar-refractivity contribution in [3.8, 4) is 0 Å². The molecule has 2 heterocycles. The fourth-order valence-corrected chi connectivity index (χ4v) is 3.69. The Balaban J connectivity index is 0.000000606. The van der Waals surface area contributed by atoms with Crippen LogP contribution in [-0.2, 0) is 4.79 Å². The number of likely N-dealkylation sites (tertiary alicyclic amines) is 1. The summed E-state index contributed by atoms with van der Waals surface area (Å²) in [6.07, 6.45) is 2.96. The molecule has 0 N–H and O–H groups in total. The molecule has 2 aliphatic rings. The maximum absolute atomic E-state index is 11.6. The first-order valence-corrected chi connectivity index (χ1v) is 7.22. The van der Waals surface area contributed by atoms with Gasteiger partial charge in [0.25, 0.3) is 0 Å². The zero-order valence-electron chi connectivity index (χ0n) is 11.0. The summed E-state index contributed by atoms with van der Waals surface area (Å²) in [5, 5.41) is 0. The molecule has 0 radical (unpaired) electrons. The van der Waals surface area contributed by atoms with Gasteiger partial charge in [0.2, 0.25) is 5.91 Å². The van der Waals surface area contributed by atoms with E-state index in [9.17, 15) is 4.79 Å². The lowest BCUT2D eigenvalue weighted by atomic mass is 10.0. The number of carbonyl (C=O) groups is 1. The second-order valence-corrected chi connectivity index (χ2v) is 5.76. The molecule has 0 aromatic rings. The zero-order valence-corrected chi connectivity index (χ0v) is 11.8. The van der Waals surface area contributed by atoms with Crippen LogP contribution in [0.3, 0.4) is 0 Å². The highest BCUT2D eigenvalue weighted by molar-refractivity contribution is 8.00. The lowest BCUT2D eigenvalue weighted by Gasteiger charge is -2.48. The highest BCUT2D eigenvalue weighted by atomic mass is 32.2. The number of piperidine rings is 1. The molecule has 0 atom stereocenters. The Bertz CT molecular complexity index is 237. The van der Waals surface area contributed by atoms with Crippen molar-refractivity contribution in [3.05, 3.63) is 0 Å². The average molecular weight is 244 g/mol. The highest BCUT2D eigenvalue weighted by Gasteiger charge is 2.42. The van der Waals surface area contributed by atoms with E-state index >= 15 is 0 Å². The third-order valence-corrected chi connectivity index (χ3v) is 5.07. The maximum Gasteiger partial charge on any atom is 0.224 e. The van der Waals surface area contributed by atoms with Crippen LogP contribution in [0, 0.1) is 0 Å². The number of nitrogens with zero attached hydrogens (tertiary/aromatic N) is 2. The topological polar surface area (TPSA) is 23.6 Å². The van der Waals surface area contributed by atoms with Gasteiger partial charge in [-0.15, -0.1) is 11.8 Å². The van der Waals surface area contributed by atoms with Gasteiger partial charge in [-0.25, -0.2) is 0 Å². The van der Waals surface area contributed by atoms with Crippen LogP contribution in [0.5, 0.6) is 0 Å². The smallest absolute Gasteiger partial charge is 0.224 e. The van der Waals surface area contributed by atoms with Crippen molar-refractivity contribution in [1.82, 2.24) is 9.80 Å². The summed E-state index contributed by atoms with van der Waals surface area (Å²) < 4.78 is 0. The monoisotopic (exact) mass is 244 g/mol. The summed E-state index contributed by atoms with van der Waals surface area (Å²) in [6, 6.07) is 0. The van der Waals surface area contributed by atoms with Crippen LogP contribution >= 0.6 is 11.8 Å². The molecule has 2 saturated heterocycles. The van der Waals surface area contributed by atoms with Crippen LogP contribution in [0.25, 0.3) is 0 Å². The summed E-state index contributed by atoms with van der Waals surface area (Å²) in [5.74, 6) is 1.33. The molecule has 0 aliphatic carbocycles. The number of amides is 1. The Labute approximate surface area is 104 Å². The van der Waals surface area contributed by atoms with Gasteiger partial charge >= 0.3 is 0 Å². The lowest BCUT2D eigenvalue weighted by molar-refractivity contribution is -0.134. The van der Waals surface area contributed by atoms with Crippen molar-refractivity contribution in [2.75, 3.05) is 32.9 Å². The fourth-order valence-electron chi connectivity index (χ4n) is 2.27. The van der Waals surface area contributed by atoms with E-state index in [1.807, 2.05) is 37.6 Å². The minimum Gasteiger partial charge on any atom is -0.331 e. The van der Waals surface area contributed by atoms with Gasteiger partial charge in [0.1, 0.15) is 0 Å². The van der Waals surface area contributed by atoms with Gasteiger partial charge in [-0.2, -0.15) is 0 Å². The number of thioether (sulfide) groups is 1. The fraction of sp³-hybridized carbons (Fsp3) is 0.917. The van der Waals surface area contributed by atoms with Gasteiger partial charge in [0.05, 0.1) is 4.87 Å². The second kappa shape index (κ2) is 5.92. The molecule has 0 aromatic carbocycles. The minimum atomic E-state index is 0.127. The number of carbonyl (C=O) groups excluding carboxylic acids is 1. The molecule has 94 valence electrons. The van der Waals surface area contributed by atoms with E-state index in [2.05, 4.69) is 11.9 Å². The van der Waals surface area contributed by atoms with Gasteiger partial charge in [0.15, 0.2) is 0 Å². The van der Waals surface area contributed by atoms with Gasteiger partial charge in [-0.1, -0.05) is 13.8 Å². The molecule has 0 bridgehead atoms. The van der Waals surface area contributed by atoms with Gasteiger partial charge in [-0.05, 0) is 19.9 Å². The Morgan fingerprint density at radius 3 is 2.31 bits per heavy atom. The van der Waals surface area contributed by atoms with E-state index in [0.29, 0.717) is 5.91 Å². The Morgan fingerprint density at radius 2 is 1.75 bits per heavy atom. The third-order valence-electron chi connectivity index (χ3n) is 3.44. The molecule has 0 saturated carbocycles. The van der Waals surface area contributed by atoms with Crippen LogP contribution < -0.4 is 0 Å². The van der Waals surface area contributed by atoms with Crippen LogP contribution in [-0.4, -0.2) is 53.5 Å². The predicted octanol–water partition coefficient (Wildman–Crippen LogP) is 2.03. The first kappa shape index (κ1) is 13.8. The Morgan fingerprint density at radius 1 is 1.19 bits per heavy atom. The number of rotatable bonds is 0. The summed E-state index contributed by atoms with van der Waals surface area (Å²) in [6.45, 7) is 6.23. The van der Waals surface area contributed by atoms with E-state index in [0.717, 1.165) is 38.1 Å². The summed E-state index contributed by atoms with van der Waals surface area (Å²) in [5.41, 5.74) is 0. The van der Waals surface area contributed by atoms with Crippen LogP contribution in [0.4, 0.5) is 0 Å². The van der Waals surface area contributed by atoms with Crippen LogP contribution in [0.15, 0.2) is 0 Å². The average Bonchev–Trinajstić information content (AvgIpc) is 2.32. The molecule has 3 nitrogen and oxygen atoms in total. The van der Waals surface area contributed by atoms with Crippen molar-refractivity contribution in [2.24, 2.45) is 0 Å². The number of hydrogen-bond donors (Lipinski definition) is 0. The highest BCUT2D eigenvalue weighted by Crippen LogP contribution is 2.41. The molecule has 4 heteroatoms. The zero-order chi connectivity index (χ0) is 12.2. The molecule has 16 heavy (non-hydrogen) atoms. The quantitative estimate of drug-likeness (QED) is 0.651. The molecular formula is C12H24N2OS. The van der Waals surface area contributed by atoms with Crippen molar-refractivity contribution < 1.29 is 4.79 Å². The molecular weight excluding hydrogens is 220 g/mol. The molecule has 2 fully saturated rings. The molecule has 1 amide bonds. The summed E-state index contributed by atoms with van der Waals surface area (Å²) in [7, 11) is 4.13. The third kappa shape index (κ3) is 2.72. The Hall–Kier alpha value is -0.220. The first-order chi connectivity index (χ1) is 7.64. The standard InChI is InChI=1S/C10H18N2OS.C2H6/c1-11-6-4-10(5-7-11)12(2)9(13)3-8-14-10;1-2/h3-8H2,1-2H3;1-2H3. The Kier molecular flexibility index (Phi) is 5.12. The lowest BCUT2D eigenvalue weighted by Crippen LogP contribution is -2.55. The van der Waals surface area contributed by atoms with Crippen LogP contribution in [0.2, 0.25) is 0 Å². The normalized spacial score (nSPS) is 25.2. The second-order valence-electron chi connectivity index (χ2n) is 4.30. The van der Waals surface area contributed by atoms with E-state index < -0.39 is 0 Å².